The maximum absolute atomic E-state index is 5.99. The summed E-state index contributed by atoms with van der Waals surface area (Å²) in [4.78, 5) is 0. The van der Waals surface area contributed by atoms with E-state index in [1.807, 2.05) is 18.2 Å². The molecule has 0 radical (unpaired) electrons. The summed E-state index contributed by atoms with van der Waals surface area (Å²) < 4.78 is 0. The van der Waals surface area contributed by atoms with E-state index < -0.39 is 0 Å². The van der Waals surface area contributed by atoms with Gasteiger partial charge in [0.15, 0.2) is 0 Å². The van der Waals surface area contributed by atoms with Crippen LogP contribution in [-0.2, 0) is 11.8 Å². The Morgan fingerprint density at radius 2 is 1.87 bits per heavy atom. The summed E-state index contributed by atoms with van der Waals surface area (Å²) in [7, 11) is 0. The van der Waals surface area contributed by atoms with E-state index in [9.17, 15) is 0 Å². The third kappa shape index (κ3) is 2.87. The third-order valence-electron chi connectivity index (χ3n) is 4.73. The van der Waals surface area contributed by atoms with Gasteiger partial charge in [0, 0.05) is 11.1 Å². The molecule has 2 aromatic rings. The van der Waals surface area contributed by atoms with Gasteiger partial charge in [-0.15, -0.1) is 0 Å². The van der Waals surface area contributed by atoms with E-state index in [2.05, 4.69) is 69.0 Å². The number of fused-ring (bicyclic) bond motifs is 1. The van der Waals surface area contributed by atoms with Crippen LogP contribution in [0.1, 0.15) is 30.5 Å². The first-order valence-electron chi connectivity index (χ1n) is 8.00. The lowest BCUT2D eigenvalue weighted by Crippen LogP contribution is -2.15. The van der Waals surface area contributed by atoms with Crippen molar-refractivity contribution in [1.82, 2.24) is 0 Å². The Bertz CT molecular complexity index is 792. The lowest BCUT2D eigenvalue weighted by atomic mass is 9.81. The van der Waals surface area contributed by atoms with Crippen LogP contribution in [0.4, 0.5) is 5.69 Å². The Morgan fingerprint density at radius 1 is 1.13 bits per heavy atom. The number of anilines is 1. The quantitative estimate of drug-likeness (QED) is 0.604. The molecule has 2 N–H and O–H groups in total. The summed E-state index contributed by atoms with van der Waals surface area (Å²) in [6.45, 7) is 8.42. The monoisotopic (exact) mass is 301 g/mol. The van der Waals surface area contributed by atoms with Gasteiger partial charge in [0.1, 0.15) is 0 Å². The SMILES string of the molecule is C=C/C=C(\C=C1/Cc2ccc(N)cc2C1(C)C)c1ccccc1. The van der Waals surface area contributed by atoms with Crippen LogP contribution in [0, 0.1) is 0 Å². The minimum atomic E-state index is -0.000244. The van der Waals surface area contributed by atoms with Crippen molar-refractivity contribution < 1.29 is 0 Å². The van der Waals surface area contributed by atoms with Gasteiger partial charge in [-0.05, 0) is 40.8 Å². The Balaban J connectivity index is 2.06. The van der Waals surface area contributed by atoms with Crippen LogP contribution in [0.2, 0.25) is 0 Å². The fraction of sp³-hybridized carbons (Fsp3) is 0.182. The van der Waals surface area contributed by atoms with E-state index in [0.717, 1.165) is 12.1 Å². The molecule has 23 heavy (non-hydrogen) atoms. The number of nitrogens with two attached hydrogens (primary N) is 1. The first-order chi connectivity index (χ1) is 11.0. The number of rotatable bonds is 3. The Morgan fingerprint density at radius 3 is 2.57 bits per heavy atom. The van der Waals surface area contributed by atoms with Crippen molar-refractivity contribution in [2.45, 2.75) is 25.7 Å². The molecule has 0 amide bonds. The van der Waals surface area contributed by atoms with Gasteiger partial charge in [0.2, 0.25) is 0 Å². The minimum absolute atomic E-state index is 0.000244. The van der Waals surface area contributed by atoms with E-state index in [4.69, 9.17) is 5.73 Å². The lowest BCUT2D eigenvalue weighted by molar-refractivity contribution is 0.645. The molecule has 1 aliphatic rings. The Hall–Kier alpha value is -2.54. The summed E-state index contributed by atoms with van der Waals surface area (Å²) in [5, 5.41) is 0. The highest BCUT2D eigenvalue weighted by Gasteiger charge is 2.34. The van der Waals surface area contributed by atoms with Crippen LogP contribution in [-0.4, -0.2) is 0 Å². The van der Waals surface area contributed by atoms with Gasteiger partial charge in [-0.3, -0.25) is 0 Å². The van der Waals surface area contributed by atoms with Crippen LogP contribution in [0.25, 0.3) is 5.57 Å². The van der Waals surface area contributed by atoms with Crippen LogP contribution >= 0.6 is 0 Å². The van der Waals surface area contributed by atoms with Crippen molar-refractivity contribution in [2.75, 3.05) is 5.73 Å². The van der Waals surface area contributed by atoms with Crippen molar-refractivity contribution in [2.24, 2.45) is 0 Å². The summed E-state index contributed by atoms with van der Waals surface area (Å²) in [5.74, 6) is 0. The molecule has 1 aliphatic carbocycles. The van der Waals surface area contributed by atoms with E-state index >= 15 is 0 Å². The molecule has 0 unspecified atom stereocenters. The fourth-order valence-electron chi connectivity index (χ4n) is 3.33. The molecule has 0 atom stereocenters. The van der Waals surface area contributed by atoms with Gasteiger partial charge in [-0.25, -0.2) is 0 Å². The molecule has 1 nitrogen and oxygen atoms in total. The minimum Gasteiger partial charge on any atom is -0.399 e. The predicted octanol–water partition coefficient (Wildman–Crippen LogP) is 5.30. The number of nitrogen functional groups attached to an aromatic ring is 1. The number of benzene rings is 2. The molecule has 2 aromatic carbocycles. The van der Waals surface area contributed by atoms with Crippen molar-refractivity contribution >= 4 is 11.3 Å². The zero-order valence-corrected chi connectivity index (χ0v) is 13.8. The van der Waals surface area contributed by atoms with Gasteiger partial charge in [-0.1, -0.05) is 80.6 Å². The van der Waals surface area contributed by atoms with Crippen LogP contribution in [0.15, 0.2) is 78.9 Å². The second kappa shape index (κ2) is 5.92. The van der Waals surface area contributed by atoms with Crippen LogP contribution < -0.4 is 5.73 Å². The normalized spacial score (nSPS) is 18.0. The highest BCUT2D eigenvalue weighted by Crippen LogP contribution is 2.44. The number of allylic oxidation sites excluding steroid dienone is 5. The molecular weight excluding hydrogens is 278 g/mol. The highest BCUT2D eigenvalue weighted by molar-refractivity contribution is 5.77. The summed E-state index contributed by atoms with van der Waals surface area (Å²) in [6.07, 6.45) is 7.22. The van der Waals surface area contributed by atoms with Gasteiger partial charge in [0.25, 0.3) is 0 Å². The maximum atomic E-state index is 5.99. The lowest BCUT2D eigenvalue weighted by Gasteiger charge is -2.23. The van der Waals surface area contributed by atoms with E-state index in [1.54, 1.807) is 0 Å². The molecule has 0 aliphatic heterocycles. The predicted molar refractivity (Wildman–Crippen MR) is 100 cm³/mol. The van der Waals surface area contributed by atoms with Gasteiger partial charge < -0.3 is 5.73 Å². The van der Waals surface area contributed by atoms with Gasteiger partial charge in [0.05, 0.1) is 0 Å². The second-order valence-electron chi connectivity index (χ2n) is 6.61. The Labute approximate surface area is 138 Å². The average Bonchev–Trinajstić information content (AvgIpc) is 2.79. The smallest absolute Gasteiger partial charge is 0.0317 e. The molecule has 0 aromatic heterocycles. The first kappa shape index (κ1) is 15.4. The van der Waals surface area contributed by atoms with Crippen molar-refractivity contribution in [3.05, 3.63) is 95.6 Å². The molecule has 0 saturated carbocycles. The molecule has 1 heteroatoms. The maximum Gasteiger partial charge on any atom is 0.0317 e. The van der Waals surface area contributed by atoms with Crippen molar-refractivity contribution in [3.8, 4) is 0 Å². The molecule has 0 bridgehead atoms. The summed E-state index contributed by atoms with van der Waals surface area (Å²) >= 11 is 0. The number of hydrogen-bond acceptors (Lipinski definition) is 1. The van der Waals surface area contributed by atoms with Gasteiger partial charge >= 0.3 is 0 Å². The van der Waals surface area contributed by atoms with E-state index in [-0.39, 0.29) is 5.41 Å². The molecule has 0 heterocycles. The largest absolute Gasteiger partial charge is 0.399 e. The molecule has 0 saturated heterocycles. The van der Waals surface area contributed by atoms with Crippen molar-refractivity contribution in [3.63, 3.8) is 0 Å². The van der Waals surface area contributed by atoms with Crippen molar-refractivity contribution in [1.29, 1.82) is 0 Å². The Kier molecular flexibility index (Phi) is 3.96. The third-order valence-corrected chi connectivity index (χ3v) is 4.73. The summed E-state index contributed by atoms with van der Waals surface area (Å²) in [5.41, 5.74) is 13.4. The van der Waals surface area contributed by atoms with E-state index in [1.165, 1.54) is 27.8 Å². The highest BCUT2D eigenvalue weighted by atomic mass is 14.5. The molecule has 116 valence electrons. The molecule has 3 rings (SSSR count). The second-order valence-corrected chi connectivity index (χ2v) is 6.61. The average molecular weight is 301 g/mol. The topological polar surface area (TPSA) is 26.0 Å². The summed E-state index contributed by atoms with van der Waals surface area (Å²) in [6, 6.07) is 16.7. The molecule has 0 fully saturated rings. The zero-order valence-electron chi connectivity index (χ0n) is 13.8. The number of hydrogen-bond donors (Lipinski definition) is 1. The molecule has 0 spiro atoms. The fourth-order valence-corrected chi connectivity index (χ4v) is 3.33. The van der Waals surface area contributed by atoms with Crippen LogP contribution in [0.3, 0.4) is 0 Å². The zero-order chi connectivity index (χ0) is 16.4. The molecular formula is C22H23N. The van der Waals surface area contributed by atoms with Crippen LogP contribution in [0.5, 0.6) is 0 Å². The van der Waals surface area contributed by atoms with Gasteiger partial charge in [-0.2, -0.15) is 0 Å². The standard InChI is InChI=1S/C22H23N/c1-4-8-17(16-9-6-5-7-10-16)13-19-14-18-11-12-20(23)15-21(18)22(19,2)3/h4-13,15H,1,14,23H2,2-3H3/b17-8+,19-13+. The van der Waals surface area contributed by atoms with E-state index in [0.29, 0.717) is 0 Å². The first-order valence-corrected chi connectivity index (χ1v) is 8.00.